The molecule has 0 saturated heterocycles. The molecule has 0 atom stereocenters. The van der Waals surface area contributed by atoms with Crippen molar-refractivity contribution in [3.05, 3.63) is 71.6 Å². The standard InChI is InChI=1S/C20H26N6O/c1-15(2)18-11-17(27-25-18)12-23-20(21-3)24-13-19-22-9-10-26(19)14-16-7-5-4-6-8-16/h4-11,15H,12-14H2,1-3H3,(H2,21,23,24). The van der Waals surface area contributed by atoms with Crippen LogP contribution in [0.4, 0.5) is 0 Å². The lowest BCUT2D eigenvalue weighted by Crippen LogP contribution is -2.36. The third-order valence-electron chi connectivity index (χ3n) is 4.23. The molecule has 1 aromatic carbocycles. The van der Waals surface area contributed by atoms with E-state index in [1.807, 2.05) is 36.7 Å². The van der Waals surface area contributed by atoms with Gasteiger partial charge in [0.2, 0.25) is 0 Å². The summed E-state index contributed by atoms with van der Waals surface area (Å²) < 4.78 is 7.47. The Labute approximate surface area is 159 Å². The maximum atomic E-state index is 5.34. The summed E-state index contributed by atoms with van der Waals surface area (Å²) in [5.41, 5.74) is 2.20. The van der Waals surface area contributed by atoms with Crippen molar-refractivity contribution in [2.75, 3.05) is 7.05 Å². The molecule has 3 rings (SSSR count). The molecule has 27 heavy (non-hydrogen) atoms. The molecule has 2 heterocycles. The molecule has 0 bridgehead atoms. The van der Waals surface area contributed by atoms with Crippen LogP contribution in [0.15, 0.2) is 58.3 Å². The van der Waals surface area contributed by atoms with Crippen molar-refractivity contribution in [3.63, 3.8) is 0 Å². The first kappa shape index (κ1) is 18.7. The fourth-order valence-electron chi connectivity index (χ4n) is 2.67. The molecule has 0 radical (unpaired) electrons. The van der Waals surface area contributed by atoms with E-state index >= 15 is 0 Å². The molecule has 0 saturated carbocycles. The summed E-state index contributed by atoms with van der Waals surface area (Å²) in [7, 11) is 1.74. The second-order valence-corrected chi connectivity index (χ2v) is 6.61. The van der Waals surface area contributed by atoms with Crippen LogP contribution in [0.1, 0.15) is 42.6 Å². The first-order valence-electron chi connectivity index (χ1n) is 9.09. The van der Waals surface area contributed by atoms with Gasteiger partial charge >= 0.3 is 0 Å². The Hall–Kier alpha value is -3.09. The molecule has 2 N–H and O–H groups in total. The Balaban J connectivity index is 1.53. The molecule has 0 aliphatic heterocycles. The van der Waals surface area contributed by atoms with Gasteiger partial charge in [0.1, 0.15) is 5.82 Å². The molecule has 0 unspecified atom stereocenters. The number of nitrogens with zero attached hydrogens (tertiary/aromatic N) is 4. The average Bonchev–Trinajstić information content (AvgIpc) is 3.32. The van der Waals surface area contributed by atoms with Crippen molar-refractivity contribution >= 4 is 5.96 Å². The summed E-state index contributed by atoms with van der Waals surface area (Å²) >= 11 is 0. The van der Waals surface area contributed by atoms with Gasteiger partial charge in [-0.2, -0.15) is 0 Å². The van der Waals surface area contributed by atoms with Crippen LogP contribution in [0, 0.1) is 0 Å². The van der Waals surface area contributed by atoms with Crippen LogP contribution in [-0.2, 0) is 19.6 Å². The van der Waals surface area contributed by atoms with Gasteiger partial charge in [-0.25, -0.2) is 4.98 Å². The Bertz CT molecular complexity index is 865. The topological polar surface area (TPSA) is 80.3 Å². The zero-order chi connectivity index (χ0) is 19.1. The molecule has 2 aromatic heterocycles. The predicted octanol–water partition coefficient (Wildman–Crippen LogP) is 2.91. The zero-order valence-corrected chi connectivity index (χ0v) is 16.0. The first-order valence-corrected chi connectivity index (χ1v) is 9.09. The maximum Gasteiger partial charge on any atom is 0.191 e. The maximum absolute atomic E-state index is 5.34. The van der Waals surface area contributed by atoms with Gasteiger partial charge < -0.3 is 19.7 Å². The Morgan fingerprint density at radius 1 is 1.19 bits per heavy atom. The number of aliphatic imine (C=N–C) groups is 1. The van der Waals surface area contributed by atoms with E-state index in [4.69, 9.17) is 4.52 Å². The van der Waals surface area contributed by atoms with Gasteiger partial charge in [-0.15, -0.1) is 0 Å². The summed E-state index contributed by atoms with van der Waals surface area (Å²) in [6, 6.07) is 12.3. The minimum atomic E-state index is 0.350. The molecular weight excluding hydrogens is 340 g/mol. The van der Waals surface area contributed by atoms with Crippen LogP contribution in [0.25, 0.3) is 0 Å². The van der Waals surface area contributed by atoms with E-state index < -0.39 is 0 Å². The van der Waals surface area contributed by atoms with Crippen LogP contribution < -0.4 is 10.6 Å². The van der Waals surface area contributed by atoms with E-state index in [0.29, 0.717) is 25.0 Å². The third-order valence-corrected chi connectivity index (χ3v) is 4.23. The van der Waals surface area contributed by atoms with Gasteiger partial charge in [-0.1, -0.05) is 49.3 Å². The third kappa shape index (κ3) is 5.20. The van der Waals surface area contributed by atoms with Crippen molar-refractivity contribution in [3.8, 4) is 0 Å². The zero-order valence-electron chi connectivity index (χ0n) is 16.0. The predicted molar refractivity (Wildman–Crippen MR) is 105 cm³/mol. The van der Waals surface area contributed by atoms with E-state index in [0.717, 1.165) is 23.8 Å². The van der Waals surface area contributed by atoms with Crippen LogP contribution in [0.3, 0.4) is 0 Å². The van der Waals surface area contributed by atoms with E-state index in [2.05, 4.69) is 56.3 Å². The Kier molecular flexibility index (Phi) is 6.25. The summed E-state index contributed by atoms with van der Waals surface area (Å²) in [6.45, 7) is 6.07. The molecule has 0 amide bonds. The number of guanidine groups is 1. The lowest BCUT2D eigenvalue weighted by molar-refractivity contribution is 0.372. The summed E-state index contributed by atoms with van der Waals surface area (Å²) in [5, 5.41) is 10.6. The summed E-state index contributed by atoms with van der Waals surface area (Å²) in [6.07, 6.45) is 3.81. The van der Waals surface area contributed by atoms with Crippen molar-refractivity contribution in [1.29, 1.82) is 0 Å². The molecule has 3 aromatic rings. The molecule has 0 aliphatic rings. The quantitative estimate of drug-likeness (QED) is 0.496. The number of imidazole rings is 1. The lowest BCUT2D eigenvalue weighted by Gasteiger charge is -2.12. The molecule has 0 fully saturated rings. The van der Waals surface area contributed by atoms with Crippen molar-refractivity contribution in [2.45, 2.75) is 39.4 Å². The lowest BCUT2D eigenvalue weighted by atomic mass is 10.1. The van der Waals surface area contributed by atoms with Gasteiger partial charge in [0.25, 0.3) is 0 Å². The van der Waals surface area contributed by atoms with Crippen LogP contribution in [0.5, 0.6) is 0 Å². The fourth-order valence-corrected chi connectivity index (χ4v) is 2.67. The Morgan fingerprint density at radius 3 is 2.67 bits per heavy atom. The first-order chi connectivity index (χ1) is 13.2. The highest BCUT2D eigenvalue weighted by atomic mass is 16.5. The van der Waals surface area contributed by atoms with Gasteiger partial charge in [-0.05, 0) is 11.5 Å². The highest BCUT2D eigenvalue weighted by Gasteiger charge is 2.09. The number of hydrogen-bond donors (Lipinski definition) is 2. The average molecular weight is 366 g/mol. The van der Waals surface area contributed by atoms with Crippen molar-refractivity contribution in [1.82, 2.24) is 25.3 Å². The number of benzene rings is 1. The molecule has 142 valence electrons. The number of aromatic nitrogens is 3. The highest BCUT2D eigenvalue weighted by molar-refractivity contribution is 5.79. The summed E-state index contributed by atoms with van der Waals surface area (Å²) in [5.74, 6) is 2.77. The summed E-state index contributed by atoms with van der Waals surface area (Å²) in [4.78, 5) is 8.70. The molecular formula is C20H26N6O. The minimum absolute atomic E-state index is 0.350. The van der Waals surface area contributed by atoms with Gasteiger partial charge in [0.15, 0.2) is 11.7 Å². The molecule has 7 heteroatoms. The van der Waals surface area contributed by atoms with E-state index in [9.17, 15) is 0 Å². The van der Waals surface area contributed by atoms with Crippen molar-refractivity contribution in [2.24, 2.45) is 4.99 Å². The second kappa shape index (κ2) is 9.02. The Morgan fingerprint density at radius 2 is 1.96 bits per heavy atom. The monoisotopic (exact) mass is 366 g/mol. The van der Waals surface area contributed by atoms with E-state index in [1.165, 1.54) is 5.56 Å². The molecule has 0 aliphatic carbocycles. The minimum Gasteiger partial charge on any atom is -0.359 e. The van der Waals surface area contributed by atoms with Crippen LogP contribution >= 0.6 is 0 Å². The van der Waals surface area contributed by atoms with Gasteiger partial charge in [0.05, 0.1) is 18.8 Å². The smallest absolute Gasteiger partial charge is 0.191 e. The fraction of sp³-hybridized carbons (Fsp3) is 0.350. The number of nitrogens with one attached hydrogen (secondary N) is 2. The molecule has 7 nitrogen and oxygen atoms in total. The molecule has 0 spiro atoms. The van der Waals surface area contributed by atoms with Gasteiger partial charge in [0, 0.05) is 32.1 Å². The van der Waals surface area contributed by atoms with Crippen LogP contribution in [0.2, 0.25) is 0 Å². The van der Waals surface area contributed by atoms with Crippen LogP contribution in [-0.4, -0.2) is 27.7 Å². The second-order valence-electron chi connectivity index (χ2n) is 6.61. The SMILES string of the molecule is CN=C(NCc1cc(C(C)C)no1)NCc1nccn1Cc1ccccc1. The normalized spacial score (nSPS) is 11.8. The number of hydrogen-bond acceptors (Lipinski definition) is 4. The van der Waals surface area contributed by atoms with Crippen molar-refractivity contribution < 1.29 is 4.52 Å². The van der Waals surface area contributed by atoms with E-state index in [-0.39, 0.29) is 0 Å². The van der Waals surface area contributed by atoms with E-state index in [1.54, 1.807) is 7.05 Å². The highest BCUT2D eigenvalue weighted by Crippen LogP contribution is 2.13. The van der Waals surface area contributed by atoms with Gasteiger partial charge in [-0.3, -0.25) is 4.99 Å². The largest absolute Gasteiger partial charge is 0.359 e. The number of rotatable bonds is 7.